The van der Waals surface area contributed by atoms with Gasteiger partial charge < -0.3 is 10.6 Å². The van der Waals surface area contributed by atoms with E-state index in [2.05, 4.69) is 0 Å². The minimum Gasteiger partial charge on any atom is -0.399 e. The molecule has 15 heavy (non-hydrogen) atoms. The first-order valence-electron chi connectivity index (χ1n) is 4.64. The smallest absolute Gasteiger partial charge is 0.227 e. The highest BCUT2D eigenvalue weighted by molar-refractivity contribution is 5.95. The van der Waals surface area contributed by atoms with E-state index in [0.717, 1.165) is 17.0 Å². The molecule has 1 fully saturated rings. The van der Waals surface area contributed by atoms with Crippen LogP contribution in [-0.2, 0) is 4.79 Å². The minimum atomic E-state index is -0.789. The Balaban J connectivity index is 2.47. The normalized spacial score (nSPS) is 16.1. The van der Waals surface area contributed by atoms with Crippen LogP contribution < -0.4 is 10.6 Å². The van der Waals surface area contributed by atoms with Crippen LogP contribution in [0.15, 0.2) is 12.1 Å². The van der Waals surface area contributed by atoms with E-state index in [1.54, 1.807) is 0 Å². The van der Waals surface area contributed by atoms with Crippen molar-refractivity contribution >= 4 is 17.3 Å². The van der Waals surface area contributed by atoms with Crippen molar-refractivity contribution in [2.24, 2.45) is 0 Å². The summed E-state index contributed by atoms with van der Waals surface area (Å²) < 4.78 is 26.8. The van der Waals surface area contributed by atoms with Crippen LogP contribution in [0, 0.1) is 11.6 Å². The van der Waals surface area contributed by atoms with E-state index in [1.165, 1.54) is 0 Å². The molecule has 2 N–H and O–H groups in total. The number of anilines is 2. The van der Waals surface area contributed by atoms with Crippen LogP contribution in [0.1, 0.15) is 12.8 Å². The van der Waals surface area contributed by atoms with E-state index in [1.807, 2.05) is 0 Å². The average molecular weight is 212 g/mol. The van der Waals surface area contributed by atoms with Gasteiger partial charge in [-0.15, -0.1) is 0 Å². The van der Waals surface area contributed by atoms with Gasteiger partial charge in [-0.3, -0.25) is 4.79 Å². The van der Waals surface area contributed by atoms with Crippen molar-refractivity contribution in [3.8, 4) is 0 Å². The third kappa shape index (κ3) is 1.65. The van der Waals surface area contributed by atoms with Gasteiger partial charge in [0.05, 0.1) is 0 Å². The fourth-order valence-electron chi connectivity index (χ4n) is 1.73. The molecule has 1 aromatic rings. The Morgan fingerprint density at radius 3 is 2.33 bits per heavy atom. The van der Waals surface area contributed by atoms with Gasteiger partial charge in [-0.1, -0.05) is 0 Å². The highest BCUT2D eigenvalue weighted by Crippen LogP contribution is 2.29. The Hall–Kier alpha value is -1.65. The van der Waals surface area contributed by atoms with Crippen LogP contribution in [0.25, 0.3) is 0 Å². The lowest BCUT2D eigenvalue weighted by atomic mass is 10.2. The molecule has 1 saturated heterocycles. The monoisotopic (exact) mass is 212 g/mol. The summed E-state index contributed by atoms with van der Waals surface area (Å²) >= 11 is 0. The predicted octanol–water partition coefficient (Wildman–Crippen LogP) is 1.67. The zero-order valence-electron chi connectivity index (χ0n) is 7.96. The molecular formula is C10H10F2N2O. The molecular weight excluding hydrogens is 202 g/mol. The van der Waals surface area contributed by atoms with Gasteiger partial charge in [0.15, 0.2) is 11.6 Å². The zero-order valence-corrected chi connectivity index (χ0v) is 7.96. The largest absolute Gasteiger partial charge is 0.399 e. The van der Waals surface area contributed by atoms with Gasteiger partial charge in [-0.05, 0) is 18.6 Å². The number of carbonyl (C=O) groups is 1. The fraction of sp³-hybridized carbons (Fsp3) is 0.300. The van der Waals surface area contributed by atoms with Crippen molar-refractivity contribution in [1.82, 2.24) is 0 Å². The molecule has 3 nitrogen and oxygen atoms in total. The number of nitrogens with zero attached hydrogens (tertiary/aromatic N) is 1. The maximum absolute atomic E-state index is 13.4. The van der Waals surface area contributed by atoms with Crippen molar-refractivity contribution in [2.75, 3.05) is 17.2 Å². The maximum Gasteiger partial charge on any atom is 0.227 e. The van der Waals surface area contributed by atoms with Crippen LogP contribution in [0.5, 0.6) is 0 Å². The molecule has 0 bridgehead atoms. The van der Waals surface area contributed by atoms with E-state index in [9.17, 15) is 13.6 Å². The van der Waals surface area contributed by atoms with Crippen LogP contribution in [0.2, 0.25) is 0 Å². The molecule has 1 aromatic carbocycles. The summed E-state index contributed by atoms with van der Waals surface area (Å²) in [5.41, 5.74) is 5.01. The summed E-state index contributed by atoms with van der Waals surface area (Å²) in [6.07, 6.45) is 0.964. The number of hydrogen-bond donors (Lipinski definition) is 1. The predicted molar refractivity (Wildman–Crippen MR) is 52.4 cm³/mol. The second-order valence-electron chi connectivity index (χ2n) is 3.48. The lowest BCUT2D eigenvalue weighted by Crippen LogP contribution is -2.26. The van der Waals surface area contributed by atoms with Gasteiger partial charge >= 0.3 is 0 Å². The highest BCUT2D eigenvalue weighted by atomic mass is 19.1. The molecule has 1 aliphatic rings. The lowest BCUT2D eigenvalue weighted by molar-refractivity contribution is -0.117. The molecule has 0 aliphatic carbocycles. The summed E-state index contributed by atoms with van der Waals surface area (Å²) in [5, 5.41) is 0. The maximum atomic E-state index is 13.4. The molecule has 0 atom stereocenters. The summed E-state index contributed by atoms with van der Waals surface area (Å²) in [7, 11) is 0. The van der Waals surface area contributed by atoms with Gasteiger partial charge in [0, 0.05) is 18.7 Å². The van der Waals surface area contributed by atoms with Crippen LogP contribution in [0.4, 0.5) is 20.2 Å². The van der Waals surface area contributed by atoms with Crippen LogP contribution in [-0.4, -0.2) is 12.5 Å². The van der Waals surface area contributed by atoms with Crippen molar-refractivity contribution < 1.29 is 13.6 Å². The zero-order chi connectivity index (χ0) is 11.0. The number of carbonyl (C=O) groups excluding carboxylic acids is 1. The molecule has 2 rings (SSSR count). The number of rotatable bonds is 1. The Labute approximate surface area is 85.5 Å². The van der Waals surface area contributed by atoms with E-state index in [4.69, 9.17) is 5.73 Å². The number of hydrogen-bond acceptors (Lipinski definition) is 2. The number of benzene rings is 1. The SMILES string of the molecule is Nc1cc(F)c(N2CCCC2=O)c(F)c1. The first kappa shape index (κ1) is 9.89. The molecule has 0 saturated carbocycles. The van der Waals surface area contributed by atoms with Crippen molar-refractivity contribution in [3.05, 3.63) is 23.8 Å². The second kappa shape index (κ2) is 3.49. The van der Waals surface area contributed by atoms with Crippen molar-refractivity contribution in [2.45, 2.75) is 12.8 Å². The molecule has 5 heteroatoms. The summed E-state index contributed by atoms with van der Waals surface area (Å²) in [5.74, 6) is -1.83. The van der Waals surface area contributed by atoms with Gasteiger partial charge in [0.2, 0.25) is 5.91 Å². The average Bonchev–Trinajstić information content (AvgIpc) is 2.50. The van der Waals surface area contributed by atoms with Crippen LogP contribution >= 0.6 is 0 Å². The molecule has 0 unspecified atom stereocenters. The van der Waals surface area contributed by atoms with Crippen molar-refractivity contribution in [3.63, 3.8) is 0 Å². The van der Waals surface area contributed by atoms with Gasteiger partial charge in [0.25, 0.3) is 0 Å². The summed E-state index contributed by atoms with van der Waals surface area (Å²) in [6.45, 7) is 0.358. The van der Waals surface area contributed by atoms with E-state index in [0.29, 0.717) is 19.4 Å². The first-order chi connectivity index (χ1) is 7.09. The minimum absolute atomic E-state index is 0.0143. The number of nitrogen functional groups attached to an aromatic ring is 1. The third-order valence-electron chi connectivity index (χ3n) is 2.38. The molecule has 80 valence electrons. The number of halogens is 2. The third-order valence-corrected chi connectivity index (χ3v) is 2.38. The van der Waals surface area contributed by atoms with Crippen molar-refractivity contribution in [1.29, 1.82) is 0 Å². The van der Waals surface area contributed by atoms with E-state index in [-0.39, 0.29) is 17.3 Å². The first-order valence-corrected chi connectivity index (χ1v) is 4.64. The van der Waals surface area contributed by atoms with E-state index >= 15 is 0 Å². The summed E-state index contributed by atoms with van der Waals surface area (Å²) in [4.78, 5) is 12.5. The molecule has 0 aromatic heterocycles. The quantitative estimate of drug-likeness (QED) is 0.720. The Morgan fingerprint density at radius 1 is 1.27 bits per heavy atom. The molecule has 1 heterocycles. The van der Waals surface area contributed by atoms with Crippen LogP contribution in [0.3, 0.4) is 0 Å². The topological polar surface area (TPSA) is 46.3 Å². The summed E-state index contributed by atoms with van der Waals surface area (Å²) in [6, 6.07) is 2.04. The molecule has 0 radical (unpaired) electrons. The number of amides is 1. The Bertz CT molecular complexity index is 397. The van der Waals surface area contributed by atoms with Gasteiger partial charge in [-0.2, -0.15) is 0 Å². The molecule has 1 aliphatic heterocycles. The molecule has 0 spiro atoms. The highest BCUT2D eigenvalue weighted by Gasteiger charge is 2.27. The number of nitrogens with two attached hydrogens (primary N) is 1. The Morgan fingerprint density at radius 2 is 1.87 bits per heavy atom. The lowest BCUT2D eigenvalue weighted by Gasteiger charge is -2.17. The van der Waals surface area contributed by atoms with Gasteiger partial charge in [0.1, 0.15) is 5.69 Å². The second-order valence-corrected chi connectivity index (χ2v) is 3.48. The fourth-order valence-corrected chi connectivity index (χ4v) is 1.73. The van der Waals surface area contributed by atoms with Gasteiger partial charge in [-0.25, -0.2) is 8.78 Å². The standard InChI is InChI=1S/C10H10F2N2O/c11-7-4-6(13)5-8(12)10(7)14-3-1-2-9(14)15/h4-5H,1-3,13H2. The molecule has 1 amide bonds. The van der Waals surface area contributed by atoms with E-state index < -0.39 is 11.6 Å². The Kier molecular flexibility index (Phi) is 2.30.